The first-order valence-electron chi connectivity index (χ1n) is 12.6. The van der Waals surface area contributed by atoms with Crippen molar-refractivity contribution in [2.75, 3.05) is 13.2 Å². The Kier molecular flexibility index (Phi) is 7.92. The number of nitrogens with one attached hydrogen (secondary N) is 1. The summed E-state index contributed by atoms with van der Waals surface area (Å²) < 4.78 is 5.77. The number of ether oxygens (including phenoxy) is 1. The Hall–Kier alpha value is -2.84. The van der Waals surface area contributed by atoms with Gasteiger partial charge in [0.1, 0.15) is 10.7 Å². The number of aromatic nitrogens is 2. The number of hydrogen-bond acceptors (Lipinski definition) is 6. The van der Waals surface area contributed by atoms with E-state index in [-0.39, 0.29) is 12.2 Å². The van der Waals surface area contributed by atoms with Crippen molar-refractivity contribution in [3.63, 3.8) is 0 Å². The second-order valence-electron chi connectivity index (χ2n) is 9.85. The minimum atomic E-state index is -0.664. The van der Waals surface area contributed by atoms with E-state index in [4.69, 9.17) is 9.72 Å². The van der Waals surface area contributed by atoms with Gasteiger partial charge in [-0.3, -0.25) is 9.69 Å². The van der Waals surface area contributed by atoms with Crippen molar-refractivity contribution < 1.29 is 9.84 Å². The number of aromatic amines is 1. The van der Waals surface area contributed by atoms with Crippen LogP contribution in [0.4, 0.5) is 0 Å². The van der Waals surface area contributed by atoms with Crippen LogP contribution in [0.5, 0.6) is 0 Å². The normalized spacial score (nSPS) is 16.4. The summed E-state index contributed by atoms with van der Waals surface area (Å²) in [6.07, 6.45) is 2.44. The van der Waals surface area contributed by atoms with Gasteiger partial charge in [-0.25, -0.2) is 4.98 Å². The Morgan fingerprint density at radius 3 is 2.58 bits per heavy atom. The van der Waals surface area contributed by atoms with Crippen LogP contribution in [0.1, 0.15) is 40.7 Å². The topological polar surface area (TPSA) is 78.5 Å². The van der Waals surface area contributed by atoms with Gasteiger partial charge in [0.25, 0.3) is 5.56 Å². The van der Waals surface area contributed by atoms with Gasteiger partial charge in [0.2, 0.25) is 0 Å². The summed E-state index contributed by atoms with van der Waals surface area (Å²) in [5, 5.41) is 11.5. The number of aliphatic hydroxyl groups excluding tert-OH is 1. The summed E-state index contributed by atoms with van der Waals surface area (Å²) in [5.74, 6) is 1.28. The van der Waals surface area contributed by atoms with Crippen LogP contribution in [0.15, 0.2) is 65.5 Å². The summed E-state index contributed by atoms with van der Waals surface area (Å²) >= 11 is 1.67. The second kappa shape index (κ2) is 11.5. The van der Waals surface area contributed by atoms with E-state index < -0.39 is 6.10 Å². The Morgan fingerprint density at radius 2 is 1.83 bits per heavy atom. The van der Waals surface area contributed by atoms with E-state index >= 15 is 0 Å². The van der Waals surface area contributed by atoms with E-state index in [1.165, 1.54) is 10.4 Å². The number of fused-ring (bicyclic) bond motifs is 3. The maximum atomic E-state index is 13.1. The number of hydrogen-bond donors (Lipinski definition) is 2. The van der Waals surface area contributed by atoms with Crippen LogP contribution in [-0.2, 0) is 37.3 Å². The summed E-state index contributed by atoms with van der Waals surface area (Å²) in [5.41, 5.74) is 3.36. The third-order valence-corrected chi connectivity index (χ3v) is 7.88. The fraction of sp³-hybridized carbons (Fsp3) is 0.379. The van der Waals surface area contributed by atoms with E-state index in [1.54, 1.807) is 11.3 Å². The standard InChI is InChI=1S/C29H33N3O3S/c1-20-12-13-24-25(14-20)36-29-27(24)28(34)30-26(31-29)17-32(15-21-8-4-2-5-9-21)16-23(33)19-35-18-22-10-6-3-7-11-22/h2-11,20,23,33H,12-19H2,1H3,(H,30,31,34). The first-order chi connectivity index (χ1) is 17.5. The van der Waals surface area contributed by atoms with Crippen LogP contribution >= 0.6 is 11.3 Å². The monoisotopic (exact) mass is 503 g/mol. The maximum Gasteiger partial charge on any atom is 0.259 e. The molecule has 4 aromatic rings. The van der Waals surface area contributed by atoms with Gasteiger partial charge in [-0.2, -0.15) is 0 Å². The lowest BCUT2D eigenvalue weighted by Gasteiger charge is -2.25. The number of nitrogens with zero attached hydrogens (tertiary/aromatic N) is 2. The number of aliphatic hydroxyl groups is 1. The van der Waals surface area contributed by atoms with Gasteiger partial charge >= 0.3 is 0 Å². The molecule has 188 valence electrons. The van der Waals surface area contributed by atoms with Gasteiger partial charge in [0, 0.05) is 18.0 Å². The Labute approximate surface area is 215 Å². The molecule has 0 bridgehead atoms. The van der Waals surface area contributed by atoms with Crippen LogP contribution in [0.2, 0.25) is 0 Å². The highest BCUT2D eigenvalue weighted by Gasteiger charge is 2.23. The van der Waals surface area contributed by atoms with Gasteiger partial charge in [-0.15, -0.1) is 11.3 Å². The quantitative estimate of drug-likeness (QED) is 0.328. The molecule has 5 rings (SSSR count). The molecular weight excluding hydrogens is 470 g/mol. The molecule has 0 aliphatic heterocycles. The van der Waals surface area contributed by atoms with Crippen LogP contribution in [0.25, 0.3) is 10.2 Å². The zero-order valence-electron chi connectivity index (χ0n) is 20.7. The molecule has 6 nitrogen and oxygen atoms in total. The number of H-pyrrole nitrogens is 1. The van der Waals surface area contributed by atoms with Gasteiger partial charge in [0.15, 0.2) is 0 Å². The highest BCUT2D eigenvalue weighted by Crippen LogP contribution is 2.35. The predicted molar refractivity (Wildman–Crippen MR) is 144 cm³/mol. The molecular formula is C29H33N3O3S. The molecule has 0 amide bonds. The molecule has 2 aromatic carbocycles. The largest absolute Gasteiger partial charge is 0.389 e. The lowest BCUT2D eigenvalue weighted by Crippen LogP contribution is -2.35. The molecule has 7 heteroatoms. The zero-order valence-corrected chi connectivity index (χ0v) is 21.5. The van der Waals surface area contributed by atoms with Gasteiger partial charge in [-0.1, -0.05) is 67.6 Å². The molecule has 0 saturated carbocycles. The van der Waals surface area contributed by atoms with Crippen molar-refractivity contribution in [2.24, 2.45) is 5.92 Å². The third kappa shape index (κ3) is 6.10. The average Bonchev–Trinajstić information content (AvgIpc) is 3.23. The Balaban J connectivity index is 1.31. The predicted octanol–water partition coefficient (Wildman–Crippen LogP) is 4.69. The SMILES string of the molecule is CC1CCc2c(sc3nc(CN(Cc4ccccc4)CC(O)COCc4ccccc4)[nH]c(=O)c23)C1. The summed E-state index contributed by atoms with van der Waals surface area (Å²) in [6, 6.07) is 20.1. The zero-order chi connectivity index (χ0) is 24.9. The number of benzene rings is 2. The maximum absolute atomic E-state index is 13.1. The number of aryl methyl sites for hydroxylation is 1. The molecule has 0 saturated heterocycles. The van der Waals surface area contributed by atoms with Gasteiger partial charge < -0.3 is 14.8 Å². The van der Waals surface area contributed by atoms with Crippen molar-refractivity contribution in [3.05, 3.63) is 98.4 Å². The van der Waals surface area contributed by atoms with Crippen LogP contribution in [-0.4, -0.2) is 39.2 Å². The molecule has 0 spiro atoms. The molecule has 1 aliphatic rings. The van der Waals surface area contributed by atoms with Crippen molar-refractivity contribution in [2.45, 2.75) is 52.0 Å². The molecule has 2 heterocycles. The number of rotatable bonds is 10. The molecule has 2 aromatic heterocycles. The molecule has 1 aliphatic carbocycles. The smallest absolute Gasteiger partial charge is 0.259 e. The average molecular weight is 504 g/mol. The van der Waals surface area contributed by atoms with E-state index in [0.29, 0.717) is 38.0 Å². The molecule has 2 unspecified atom stereocenters. The summed E-state index contributed by atoms with van der Waals surface area (Å²) in [7, 11) is 0. The molecule has 0 fully saturated rings. The Bertz CT molecular complexity index is 1340. The minimum absolute atomic E-state index is 0.0477. The lowest BCUT2D eigenvalue weighted by atomic mass is 9.89. The summed E-state index contributed by atoms with van der Waals surface area (Å²) in [6.45, 7) is 4.45. The fourth-order valence-corrected chi connectivity index (χ4v) is 6.35. The molecule has 36 heavy (non-hydrogen) atoms. The first-order valence-corrected chi connectivity index (χ1v) is 13.5. The first kappa shape index (κ1) is 24.8. The minimum Gasteiger partial charge on any atom is -0.389 e. The number of thiophene rings is 1. The summed E-state index contributed by atoms with van der Waals surface area (Å²) in [4.78, 5) is 25.2. The van der Waals surface area contributed by atoms with E-state index in [0.717, 1.165) is 40.6 Å². The molecule has 2 N–H and O–H groups in total. The van der Waals surface area contributed by atoms with E-state index in [9.17, 15) is 9.90 Å². The lowest BCUT2D eigenvalue weighted by molar-refractivity contribution is 0.00673. The van der Waals surface area contributed by atoms with E-state index in [1.807, 2.05) is 48.5 Å². The fourth-order valence-electron chi connectivity index (χ4n) is 4.94. The van der Waals surface area contributed by atoms with Crippen LogP contribution in [0.3, 0.4) is 0 Å². The van der Waals surface area contributed by atoms with Crippen molar-refractivity contribution in [1.29, 1.82) is 0 Å². The van der Waals surface area contributed by atoms with Crippen molar-refractivity contribution >= 4 is 21.6 Å². The highest BCUT2D eigenvalue weighted by atomic mass is 32.1. The third-order valence-electron chi connectivity index (χ3n) is 6.73. The Morgan fingerprint density at radius 1 is 1.11 bits per heavy atom. The van der Waals surface area contributed by atoms with Crippen molar-refractivity contribution in [3.8, 4) is 0 Å². The second-order valence-corrected chi connectivity index (χ2v) is 10.9. The van der Waals surface area contributed by atoms with Gasteiger partial charge in [0.05, 0.1) is 31.2 Å². The molecule has 0 radical (unpaired) electrons. The van der Waals surface area contributed by atoms with E-state index in [2.05, 4.69) is 28.9 Å². The highest BCUT2D eigenvalue weighted by molar-refractivity contribution is 7.18. The van der Waals surface area contributed by atoms with Crippen LogP contribution in [0, 0.1) is 5.92 Å². The van der Waals surface area contributed by atoms with Crippen molar-refractivity contribution in [1.82, 2.24) is 14.9 Å². The molecule has 2 atom stereocenters. The van der Waals surface area contributed by atoms with Gasteiger partial charge in [-0.05, 0) is 41.9 Å². The van der Waals surface area contributed by atoms with Crippen LogP contribution < -0.4 is 5.56 Å².